The van der Waals surface area contributed by atoms with Gasteiger partial charge in [-0.05, 0) is 29.8 Å². The van der Waals surface area contributed by atoms with Crippen LogP contribution in [0.2, 0.25) is 5.02 Å². The highest BCUT2D eigenvalue weighted by atomic mass is 35.5. The monoisotopic (exact) mass is 417 g/mol. The molecule has 0 saturated carbocycles. The highest BCUT2D eigenvalue weighted by molar-refractivity contribution is 7.99. The van der Waals surface area contributed by atoms with Crippen LogP contribution < -0.4 is 0 Å². The van der Waals surface area contributed by atoms with Gasteiger partial charge in [0.1, 0.15) is 5.37 Å². The van der Waals surface area contributed by atoms with E-state index in [4.69, 9.17) is 11.6 Å². The third-order valence-corrected chi connectivity index (χ3v) is 6.92. The van der Waals surface area contributed by atoms with Gasteiger partial charge >= 0.3 is 5.76 Å². The lowest BCUT2D eigenvalue weighted by atomic mass is 10.1. The van der Waals surface area contributed by atoms with Crippen molar-refractivity contribution in [2.45, 2.75) is 16.0 Å². The van der Waals surface area contributed by atoms with Gasteiger partial charge in [0.15, 0.2) is 0 Å². The van der Waals surface area contributed by atoms with Crippen molar-refractivity contribution in [1.82, 2.24) is 4.90 Å². The molecule has 1 heterocycles. The number of alkyl halides is 2. The van der Waals surface area contributed by atoms with E-state index in [0.717, 1.165) is 11.6 Å². The third kappa shape index (κ3) is 3.58. The van der Waals surface area contributed by atoms with E-state index in [9.17, 15) is 22.0 Å². The van der Waals surface area contributed by atoms with Crippen LogP contribution in [0.1, 0.15) is 21.3 Å². The highest BCUT2D eigenvalue weighted by Gasteiger charge is 2.36. The van der Waals surface area contributed by atoms with Crippen LogP contribution >= 0.6 is 23.4 Å². The Bertz CT molecular complexity index is 920. The maximum atomic E-state index is 13.0. The summed E-state index contributed by atoms with van der Waals surface area (Å²) in [4.78, 5) is 13.8. The predicted molar refractivity (Wildman–Crippen MR) is 97.3 cm³/mol. The molecule has 0 aliphatic carbocycles. The van der Waals surface area contributed by atoms with Gasteiger partial charge in [0, 0.05) is 17.3 Å². The highest BCUT2D eigenvalue weighted by Crippen LogP contribution is 2.39. The van der Waals surface area contributed by atoms with Crippen LogP contribution in [0.25, 0.3) is 0 Å². The Morgan fingerprint density at radius 2 is 1.81 bits per heavy atom. The van der Waals surface area contributed by atoms with Gasteiger partial charge in [0.25, 0.3) is 5.91 Å². The van der Waals surface area contributed by atoms with Crippen molar-refractivity contribution < 1.29 is 22.0 Å². The van der Waals surface area contributed by atoms with Gasteiger partial charge in [-0.3, -0.25) is 4.79 Å². The summed E-state index contributed by atoms with van der Waals surface area (Å²) in [6, 6.07) is 12.1. The summed E-state index contributed by atoms with van der Waals surface area (Å²) in [5.74, 6) is -3.52. The number of hydrogen-bond acceptors (Lipinski definition) is 4. The topological polar surface area (TPSA) is 54.5 Å². The minimum absolute atomic E-state index is 0.241. The summed E-state index contributed by atoms with van der Waals surface area (Å²) >= 11 is 7.41. The molecule has 1 unspecified atom stereocenters. The maximum absolute atomic E-state index is 13.0. The number of hydrogen-bond donors (Lipinski definition) is 0. The van der Waals surface area contributed by atoms with Gasteiger partial charge in [-0.2, -0.15) is 8.78 Å². The van der Waals surface area contributed by atoms with Crippen molar-refractivity contribution in [1.29, 1.82) is 0 Å². The summed E-state index contributed by atoms with van der Waals surface area (Å²) in [6.07, 6.45) is 0. The number of benzene rings is 2. The van der Waals surface area contributed by atoms with Gasteiger partial charge in [-0.25, -0.2) is 8.42 Å². The molecule has 0 aromatic heterocycles. The molecule has 4 nitrogen and oxygen atoms in total. The van der Waals surface area contributed by atoms with Crippen molar-refractivity contribution in [2.75, 3.05) is 12.3 Å². The van der Waals surface area contributed by atoms with Gasteiger partial charge in [0.05, 0.1) is 10.5 Å². The largest absolute Gasteiger partial charge is 0.341 e. The molecule has 2 aromatic carbocycles. The Morgan fingerprint density at radius 1 is 1.15 bits per heavy atom. The number of halogens is 3. The average molecular weight is 418 g/mol. The smallest absolute Gasteiger partial charge is 0.322 e. The number of thioether (sulfide) groups is 1. The van der Waals surface area contributed by atoms with Crippen molar-refractivity contribution in [3.8, 4) is 0 Å². The predicted octanol–water partition coefficient (Wildman–Crippen LogP) is 4.22. The van der Waals surface area contributed by atoms with E-state index in [1.54, 1.807) is 24.3 Å². The zero-order valence-electron chi connectivity index (χ0n) is 13.3. The van der Waals surface area contributed by atoms with E-state index in [-0.39, 0.29) is 10.9 Å². The molecule has 1 aliphatic rings. The Kier molecular flexibility index (Phi) is 5.55. The van der Waals surface area contributed by atoms with Gasteiger partial charge in [0.2, 0.25) is 9.84 Å². The molecule has 138 valence electrons. The minimum Gasteiger partial charge on any atom is -0.322 e. The number of carbonyl (C=O) groups is 1. The summed E-state index contributed by atoms with van der Waals surface area (Å²) in [5, 5.41) is 0.227. The Morgan fingerprint density at radius 3 is 2.46 bits per heavy atom. The zero-order valence-corrected chi connectivity index (χ0v) is 15.7. The summed E-state index contributed by atoms with van der Waals surface area (Å²) in [5.41, 5.74) is 0.591. The first-order valence-electron chi connectivity index (χ1n) is 7.61. The van der Waals surface area contributed by atoms with E-state index >= 15 is 0 Å². The second kappa shape index (κ2) is 7.54. The molecule has 1 saturated heterocycles. The van der Waals surface area contributed by atoms with Gasteiger partial charge in [-0.1, -0.05) is 35.9 Å². The van der Waals surface area contributed by atoms with E-state index in [1.165, 1.54) is 34.9 Å². The van der Waals surface area contributed by atoms with Crippen LogP contribution in [0.4, 0.5) is 8.78 Å². The molecule has 1 aliphatic heterocycles. The van der Waals surface area contributed by atoms with E-state index in [1.807, 2.05) is 0 Å². The van der Waals surface area contributed by atoms with Crippen LogP contribution in [0.3, 0.4) is 0 Å². The van der Waals surface area contributed by atoms with Crippen LogP contribution in [-0.4, -0.2) is 37.3 Å². The number of carbonyl (C=O) groups excluding carboxylic acids is 1. The maximum Gasteiger partial charge on any atom is 0.341 e. The van der Waals surface area contributed by atoms with Crippen molar-refractivity contribution >= 4 is 39.1 Å². The van der Waals surface area contributed by atoms with Crippen LogP contribution in [-0.2, 0) is 9.84 Å². The van der Waals surface area contributed by atoms with E-state index in [0.29, 0.717) is 17.3 Å². The van der Waals surface area contributed by atoms with Crippen molar-refractivity contribution in [2.24, 2.45) is 0 Å². The molecular formula is C17H14ClF2NO3S2. The standard InChI is InChI=1S/C17H14ClF2NO3S2/c18-12-7-5-11(6-8-12)16-21(9-10-25-16)15(22)13-3-1-2-4-14(13)26(23,24)17(19)20/h1-8,16-17H,9-10H2. The zero-order chi connectivity index (χ0) is 18.9. The lowest BCUT2D eigenvalue weighted by Crippen LogP contribution is -2.32. The van der Waals surface area contributed by atoms with Gasteiger partial charge < -0.3 is 4.90 Å². The van der Waals surface area contributed by atoms with Crippen LogP contribution in [0, 0.1) is 0 Å². The Labute approximate surface area is 159 Å². The fourth-order valence-electron chi connectivity index (χ4n) is 2.72. The normalized spacial score (nSPS) is 17.7. The fraction of sp³-hybridized carbons (Fsp3) is 0.235. The Balaban J connectivity index is 1.98. The van der Waals surface area contributed by atoms with Crippen LogP contribution in [0.5, 0.6) is 0 Å². The second-order valence-corrected chi connectivity index (χ2v) is 9.09. The number of rotatable bonds is 4. The van der Waals surface area contributed by atoms with E-state index < -0.39 is 26.4 Å². The van der Waals surface area contributed by atoms with E-state index in [2.05, 4.69) is 0 Å². The van der Waals surface area contributed by atoms with Crippen molar-refractivity contribution in [3.05, 3.63) is 64.7 Å². The summed E-state index contributed by atoms with van der Waals surface area (Å²) in [6.45, 7) is 0.389. The fourth-order valence-corrected chi connectivity index (χ4v) is 5.03. The van der Waals surface area contributed by atoms with Gasteiger partial charge in [-0.15, -0.1) is 11.8 Å². The molecule has 0 spiro atoms. The molecule has 0 N–H and O–H groups in total. The minimum atomic E-state index is -4.87. The number of amides is 1. The third-order valence-electron chi connectivity index (χ3n) is 3.97. The molecule has 0 bridgehead atoms. The molecule has 0 radical (unpaired) electrons. The lowest BCUT2D eigenvalue weighted by molar-refractivity contribution is 0.0756. The average Bonchev–Trinajstić information content (AvgIpc) is 3.11. The van der Waals surface area contributed by atoms with Crippen molar-refractivity contribution in [3.63, 3.8) is 0 Å². The second-order valence-electron chi connectivity index (χ2n) is 5.58. The Hall–Kier alpha value is -1.64. The quantitative estimate of drug-likeness (QED) is 0.747. The first kappa shape index (κ1) is 19.1. The summed E-state index contributed by atoms with van der Waals surface area (Å²) in [7, 11) is -4.87. The number of nitrogens with zero attached hydrogens (tertiary/aromatic N) is 1. The molecule has 9 heteroatoms. The SMILES string of the molecule is O=C(c1ccccc1S(=O)(=O)C(F)F)N1CCSC1c1ccc(Cl)cc1. The summed E-state index contributed by atoms with van der Waals surface area (Å²) < 4.78 is 49.8. The molecule has 2 aromatic rings. The number of sulfone groups is 1. The first-order chi connectivity index (χ1) is 12.3. The first-order valence-corrected chi connectivity index (χ1v) is 10.6. The molecule has 1 fully saturated rings. The lowest BCUT2D eigenvalue weighted by Gasteiger charge is -2.25. The molecule has 3 rings (SSSR count). The van der Waals surface area contributed by atoms with Crippen LogP contribution in [0.15, 0.2) is 53.4 Å². The molecule has 1 amide bonds. The molecular weight excluding hydrogens is 404 g/mol. The molecule has 1 atom stereocenters. The molecule has 26 heavy (non-hydrogen) atoms.